The summed E-state index contributed by atoms with van der Waals surface area (Å²) >= 11 is 1.63. The fourth-order valence-corrected chi connectivity index (χ4v) is 3.37. The van der Waals surface area contributed by atoms with Gasteiger partial charge < -0.3 is 10.6 Å². The number of nitrogens with one attached hydrogen (secondary N) is 2. The number of sulfone groups is 1. The molecule has 7 heteroatoms. The lowest BCUT2D eigenvalue weighted by molar-refractivity contribution is 0.252. The van der Waals surface area contributed by atoms with Crippen molar-refractivity contribution in [1.82, 2.24) is 5.32 Å². The van der Waals surface area contributed by atoms with Crippen LogP contribution in [0.3, 0.4) is 0 Å². The van der Waals surface area contributed by atoms with Crippen molar-refractivity contribution in [3.8, 4) is 0 Å². The van der Waals surface area contributed by atoms with E-state index in [1.165, 1.54) is 10.9 Å². The fraction of sp³-hybridized carbons (Fsp3) is 0.214. The van der Waals surface area contributed by atoms with E-state index in [0.717, 1.165) is 12.7 Å². The van der Waals surface area contributed by atoms with Crippen LogP contribution in [0.4, 0.5) is 10.5 Å². The van der Waals surface area contributed by atoms with Gasteiger partial charge in [0.15, 0.2) is 9.84 Å². The van der Waals surface area contributed by atoms with Crippen LogP contribution in [0.25, 0.3) is 0 Å². The van der Waals surface area contributed by atoms with Gasteiger partial charge in [-0.3, -0.25) is 0 Å². The van der Waals surface area contributed by atoms with Gasteiger partial charge in [0.1, 0.15) is 0 Å². The third-order valence-corrected chi connectivity index (χ3v) is 4.86. The normalized spacial score (nSPS) is 11.1. The Morgan fingerprint density at radius 3 is 2.62 bits per heavy atom. The topological polar surface area (TPSA) is 75.3 Å². The lowest BCUT2D eigenvalue weighted by Gasteiger charge is -2.10. The zero-order valence-corrected chi connectivity index (χ0v) is 13.1. The van der Waals surface area contributed by atoms with Crippen molar-refractivity contribution < 1.29 is 13.2 Å². The number of urea groups is 1. The number of hydrogen-bond donors (Lipinski definition) is 2. The Morgan fingerprint density at radius 1 is 1.19 bits per heavy atom. The fourth-order valence-electron chi connectivity index (χ4n) is 1.81. The summed E-state index contributed by atoms with van der Waals surface area (Å²) in [5, 5.41) is 7.27. The number of para-hydroxylation sites is 1. The molecule has 2 rings (SSSR count). The van der Waals surface area contributed by atoms with Gasteiger partial charge in [0.05, 0.1) is 10.6 Å². The van der Waals surface area contributed by atoms with Crippen LogP contribution in [0, 0.1) is 0 Å². The van der Waals surface area contributed by atoms with Crippen molar-refractivity contribution >= 4 is 32.9 Å². The zero-order chi connectivity index (χ0) is 15.3. The number of hydrogen-bond acceptors (Lipinski definition) is 4. The molecule has 0 saturated carbocycles. The molecule has 0 aliphatic rings. The van der Waals surface area contributed by atoms with Gasteiger partial charge in [-0.05, 0) is 30.0 Å². The van der Waals surface area contributed by atoms with Gasteiger partial charge >= 0.3 is 6.03 Å². The van der Waals surface area contributed by atoms with E-state index in [2.05, 4.69) is 10.6 Å². The largest absolute Gasteiger partial charge is 0.338 e. The molecule has 0 spiro atoms. The molecule has 0 aliphatic heterocycles. The van der Waals surface area contributed by atoms with Crippen LogP contribution < -0.4 is 10.6 Å². The molecule has 2 N–H and O–H groups in total. The molecular weight excluding hydrogens is 308 g/mol. The Kier molecular flexibility index (Phi) is 4.98. The number of carbonyl (C=O) groups excluding carboxylic acids is 1. The van der Waals surface area contributed by atoms with Crippen LogP contribution >= 0.6 is 11.3 Å². The molecule has 0 aliphatic carbocycles. The standard InChI is InChI=1S/C14H16N2O3S2/c1-21(18,19)13-7-3-2-6-12(13)16-14(17)15-9-8-11-5-4-10-20-11/h2-7,10H,8-9H2,1H3,(H2,15,16,17). The van der Waals surface area contributed by atoms with E-state index < -0.39 is 15.9 Å². The first-order chi connectivity index (χ1) is 9.97. The van der Waals surface area contributed by atoms with E-state index in [1.54, 1.807) is 29.5 Å². The maximum absolute atomic E-state index is 11.8. The minimum absolute atomic E-state index is 0.110. The average Bonchev–Trinajstić information content (AvgIpc) is 2.91. The highest BCUT2D eigenvalue weighted by molar-refractivity contribution is 7.90. The number of thiophene rings is 1. The Labute approximate surface area is 127 Å². The maximum Gasteiger partial charge on any atom is 0.319 e. The van der Waals surface area contributed by atoms with Gasteiger partial charge in [-0.1, -0.05) is 18.2 Å². The third kappa shape index (κ3) is 4.57. The van der Waals surface area contributed by atoms with Gasteiger partial charge in [-0.25, -0.2) is 13.2 Å². The Morgan fingerprint density at radius 2 is 1.95 bits per heavy atom. The van der Waals surface area contributed by atoms with E-state index in [0.29, 0.717) is 6.54 Å². The second-order valence-corrected chi connectivity index (χ2v) is 7.49. The first-order valence-electron chi connectivity index (χ1n) is 6.33. The zero-order valence-electron chi connectivity index (χ0n) is 11.5. The van der Waals surface area contributed by atoms with E-state index in [4.69, 9.17) is 0 Å². The van der Waals surface area contributed by atoms with Crippen molar-refractivity contribution in [2.75, 3.05) is 18.1 Å². The van der Waals surface area contributed by atoms with Gasteiger partial charge in [-0.2, -0.15) is 0 Å². The summed E-state index contributed by atoms with van der Waals surface area (Å²) < 4.78 is 23.3. The van der Waals surface area contributed by atoms with Gasteiger partial charge in [0.2, 0.25) is 0 Å². The number of rotatable bonds is 5. The average molecular weight is 324 g/mol. The second kappa shape index (κ2) is 6.73. The second-order valence-electron chi connectivity index (χ2n) is 4.48. The third-order valence-electron chi connectivity index (χ3n) is 2.77. The van der Waals surface area contributed by atoms with Crippen molar-refractivity contribution in [2.45, 2.75) is 11.3 Å². The SMILES string of the molecule is CS(=O)(=O)c1ccccc1NC(=O)NCCc1cccs1. The lowest BCUT2D eigenvalue weighted by atomic mass is 10.3. The molecular formula is C14H16N2O3S2. The minimum Gasteiger partial charge on any atom is -0.338 e. The molecule has 5 nitrogen and oxygen atoms in total. The van der Waals surface area contributed by atoms with Crippen LogP contribution in [-0.2, 0) is 16.3 Å². The molecule has 112 valence electrons. The number of anilines is 1. The van der Waals surface area contributed by atoms with Gasteiger partial charge in [0.25, 0.3) is 0 Å². The molecule has 1 aromatic heterocycles. The van der Waals surface area contributed by atoms with Crippen LogP contribution in [0.2, 0.25) is 0 Å². The number of amides is 2. The molecule has 0 unspecified atom stereocenters. The Bertz CT molecular complexity index is 710. The first kappa shape index (κ1) is 15.5. The van der Waals surface area contributed by atoms with Crippen molar-refractivity contribution in [3.05, 3.63) is 46.7 Å². The molecule has 0 saturated heterocycles. The molecule has 0 bridgehead atoms. The van der Waals surface area contributed by atoms with E-state index >= 15 is 0 Å². The summed E-state index contributed by atoms with van der Waals surface area (Å²) in [5.41, 5.74) is 0.286. The van der Waals surface area contributed by atoms with Crippen molar-refractivity contribution in [3.63, 3.8) is 0 Å². The number of benzene rings is 1. The molecule has 1 aromatic carbocycles. The summed E-state index contributed by atoms with van der Waals surface area (Å²) in [4.78, 5) is 13.1. The Balaban J connectivity index is 1.94. The first-order valence-corrected chi connectivity index (χ1v) is 9.10. The van der Waals surface area contributed by atoms with Crippen LogP contribution in [0.1, 0.15) is 4.88 Å². The quantitative estimate of drug-likeness (QED) is 0.887. The van der Waals surface area contributed by atoms with E-state index in [-0.39, 0.29) is 10.6 Å². The summed E-state index contributed by atoms with van der Waals surface area (Å²) in [5.74, 6) is 0. The minimum atomic E-state index is -3.38. The summed E-state index contributed by atoms with van der Waals surface area (Å²) in [7, 11) is -3.38. The summed E-state index contributed by atoms with van der Waals surface area (Å²) in [6, 6.07) is 9.88. The van der Waals surface area contributed by atoms with E-state index in [1.807, 2.05) is 17.5 Å². The predicted molar refractivity (Wildman–Crippen MR) is 84.6 cm³/mol. The monoisotopic (exact) mass is 324 g/mol. The molecule has 2 aromatic rings. The van der Waals surface area contributed by atoms with Crippen LogP contribution in [0.15, 0.2) is 46.7 Å². The highest BCUT2D eigenvalue weighted by Crippen LogP contribution is 2.20. The lowest BCUT2D eigenvalue weighted by Crippen LogP contribution is -2.30. The van der Waals surface area contributed by atoms with Gasteiger partial charge in [-0.15, -0.1) is 11.3 Å². The van der Waals surface area contributed by atoms with Crippen LogP contribution in [0.5, 0.6) is 0 Å². The molecule has 0 atom stereocenters. The summed E-state index contributed by atoms with van der Waals surface area (Å²) in [6.45, 7) is 0.493. The molecule has 2 amide bonds. The molecule has 21 heavy (non-hydrogen) atoms. The highest BCUT2D eigenvalue weighted by Gasteiger charge is 2.14. The summed E-state index contributed by atoms with van der Waals surface area (Å²) in [6.07, 6.45) is 1.86. The number of carbonyl (C=O) groups is 1. The smallest absolute Gasteiger partial charge is 0.319 e. The maximum atomic E-state index is 11.8. The molecule has 1 heterocycles. The van der Waals surface area contributed by atoms with Crippen molar-refractivity contribution in [2.24, 2.45) is 0 Å². The molecule has 0 radical (unpaired) electrons. The predicted octanol–water partition coefficient (Wildman–Crippen LogP) is 2.52. The van der Waals surface area contributed by atoms with E-state index in [9.17, 15) is 13.2 Å². The highest BCUT2D eigenvalue weighted by atomic mass is 32.2. The Hall–Kier alpha value is -1.86. The van der Waals surface area contributed by atoms with Crippen LogP contribution in [-0.4, -0.2) is 27.2 Å². The van der Waals surface area contributed by atoms with Gasteiger partial charge in [0, 0.05) is 17.7 Å². The van der Waals surface area contributed by atoms with Crippen molar-refractivity contribution in [1.29, 1.82) is 0 Å². The molecule has 0 fully saturated rings.